The van der Waals surface area contributed by atoms with Crippen molar-refractivity contribution in [2.24, 2.45) is 4.99 Å². The van der Waals surface area contributed by atoms with Gasteiger partial charge in [-0.05, 0) is 49.9 Å². The monoisotopic (exact) mass is 403 g/mol. The SMILES string of the molecule is CCNC(=NCC1(c2cccc(Br)c2)CC1)NCCCn1cccn1. The zero-order valence-electron chi connectivity index (χ0n) is 14.7. The van der Waals surface area contributed by atoms with Gasteiger partial charge in [-0.3, -0.25) is 9.67 Å². The molecule has 1 heterocycles. The normalized spacial score (nSPS) is 15.8. The van der Waals surface area contributed by atoms with E-state index in [4.69, 9.17) is 4.99 Å². The van der Waals surface area contributed by atoms with Gasteiger partial charge in [-0.15, -0.1) is 0 Å². The van der Waals surface area contributed by atoms with E-state index < -0.39 is 0 Å². The molecule has 1 fully saturated rings. The third-order valence-electron chi connectivity index (χ3n) is 4.59. The smallest absolute Gasteiger partial charge is 0.191 e. The highest BCUT2D eigenvalue weighted by atomic mass is 79.9. The number of nitrogens with zero attached hydrogens (tertiary/aromatic N) is 3. The topological polar surface area (TPSA) is 54.2 Å². The minimum absolute atomic E-state index is 0.223. The van der Waals surface area contributed by atoms with Crippen molar-refractivity contribution in [1.29, 1.82) is 0 Å². The van der Waals surface area contributed by atoms with Crippen molar-refractivity contribution < 1.29 is 0 Å². The van der Waals surface area contributed by atoms with Gasteiger partial charge in [0.05, 0.1) is 6.54 Å². The molecule has 5 nitrogen and oxygen atoms in total. The van der Waals surface area contributed by atoms with Gasteiger partial charge in [0.15, 0.2) is 5.96 Å². The Labute approximate surface area is 158 Å². The molecule has 2 N–H and O–H groups in total. The highest BCUT2D eigenvalue weighted by Gasteiger charge is 2.44. The maximum absolute atomic E-state index is 4.84. The molecule has 1 aromatic carbocycles. The second-order valence-electron chi connectivity index (χ2n) is 6.54. The van der Waals surface area contributed by atoms with Gasteiger partial charge >= 0.3 is 0 Å². The van der Waals surface area contributed by atoms with Crippen LogP contribution in [-0.2, 0) is 12.0 Å². The molecule has 1 aliphatic rings. The van der Waals surface area contributed by atoms with Crippen LogP contribution in [0.4, 0.5) is 0 Å². The molecule has 1 saturated carbocycles. The van der Waals surface area contributed by atoms with E-state index >= 15 is 0 Å². The molecule has 2 aromatic rings. The van der Waals surface area contributed by atoms with Crippen molar-refractivity contribution >= 4 is 21.9 Å². The Bertz CT molecular complexity index is 692. The summed E-state index contributed by atoms with van der Waals surface area (Å²) >= 11 is 3.58. The molecular formula is C19H26BrN5. The molecule has 134 valence electrons. The maximum Gasteiger partial charge on any atom is 0.191 e. The van der Waals surface area contributed by atoms with E-state index in [9.17, 15) is 0 Å². The van der Waals surface area contributed by atoms with E-state index in [1.165, 1.54) is 18.4 Å². The molecule has 0 amide bonds. The molecule has 1 aliphatic carbocycles. The number of hydrogen-bond acceptors (Lipinski definition) is 2. The third-order valence-corrected chi connectivity index (χ3v) is 5.08. The summed E-state index contributed by atoms with van der Waals surface area (Å²) in [4.78, 5) is 4.84. The van der Waals surface area contributed by atoms with E-state index in [0.29, 0.717) is 0 Å². The zero-order valence-corrected chi connectivity index (χ0v) is 16.3. The van der Waals surface area contributed by atoms with Crippen LogP contribution in [0, 0.1) is 0 Å². The minimum atomic E-state index is 0.223. The Hall–Kier alpha value is -1.82. The minimum Gasteiger partial charge on any atom is -0.357 e. The van der Waals surface area contributed by atoms with Crippen LogP contribution in [0.15, 0.2) is 52.2 Å². The summed E-state index contributed by atoms with van der Waals surface area (Å²) in [6.07, 6.45) is 7.25. The lowest BCUT2D eigenvalue weighted by atomic mass is 9.96. The Morgan fingerprint density at radius 2 is 2.20 bits per heavy atom. The maximum atomic E-state index is 4.84. The summed E-state index contributed by atoms with van der Waals surface area (Å²) in [7, 11) is 0. The fraction of sp³-hybridized carbons (Fsp3) is 0.474. The van der Waals surface area contributed by atoms with Gasteiger partial charge in [-0.25, -0.2) is 0 Å². The number of aliphatic imine (C=N–C) groups is 1. The molecule has 0 atom stereocenters. The van der Waals surface area contributed by atoms with Gasteiger partial charge in [-0.1, -0.05) is 28.1 Å². The predicted molar refractivity (Wildman–Crippen MR) is 106 cm³/mol. The van der Waals surface area contributed by atoms with Gasteiger partial charge < -0.3 is 10.6 Å². The lowest BCUT2D eigenvalue weighted by Crippen LogP contribution is -2.38. The van der Waals surface area contributed by atoms with Crippen LogP contribution in [0.25, 0.3) is 0 Å². The molecule has 6 heteroatoms. The number of nitrogens with one attached hydrogen (secondary N) is 2. The molecule has 0 spiro atoms. The van der Waals surface area contributed by atoms with Crippen molar-refractivity contribution in [2.45, 2.75) is 38.1 Å². The summed E-state index contributed by atoms with van der Waals surface area (Å²) in [6, 6.07) is 10.6. The number of benzene rings is 1. The van der Waals surface area contributed by atoms with Crippen LogP contribution >= 0.6 is 15.9 Å². The van der Waals surface area contributed by atoms with Crippen LogP contribution in [0.2, 0.25) is 0 Å². The highest BCUT2D eigenvalue weighted by molar-refractivity contribution is 9.10. The van der Waals surface area contributed by atoms with Crippen LogP contribution < -0.4 is 10.6 Å². The molecule has 25 heavy (non-hydrogen) atoms. The fourth-order valence-corrected chi connectivity index (χ4v) is 3.36. The van der Waals surface area contributed by atoms with E-state index in [-0.39, 0.29) is 5.41 Å². The van der Waals surface area contributed by atoms with Crippen molar-refractivity contribution in [3.8, 4) is 0 Å². The molecule has 3 rings (SSSR count). The molecular weight excluding hydrogens is 378 g/mol. The molecule has 0 aliphatic heterocycles. The van der Waals surface area contributed by atoms with Crippen LogP contribution in [0.3, 0.4) is 0 Å². The Kier molecular flexibility index (Phi) is 6.13. The predicted octanol–water partition coefficient (Wildman–Crippen LogP) is 3.32. The highest BCUT2D eigenvalue weighted by Crippen LogP contribution is 2.48. The van der Waals surface area contributed by atoms with E-state index in [2.05, 4.69) is 62.9 Å². The molecule has 0 radical (unpaired) electrons. The zero-order chi connectivity index (χ0) is 17.5. The summed E-state index contributed by atoms with van der Waals surface area (Å²) in [6.45, 7) is 5.60. The summed E-state index contributed by atoms with van der Waals surface area (Å²) in [5, 5.41) is 11.0. The van der Waals surface area contributed by atoms with Crippen molar-refractivity contribution in [1.82, 2.24) is 20.4 Å². The summed E-state index contributed by atoms with van der Waals surface area (Å²) in [5.41, 5.74) is 1.61. The molecule has 0 saturated heterocycles. The summed E-state index contributed by atoms with van der Waals surface area (Å²) in [5.74, 6) is 0.907. The Morgan fingerprint density at radius 3 is 2.88 bits per heavy atom. The largest absolute Gasteiger partial charge is 0.357 e. The van der Waals surface area contributed by atoms with Gasteiger partial charge in [-0.2, -0.15) is 5.10 Å². The molecule has 0 unspecified atom stereocenters. The molecule has 1 aromatic heterocycles. The number of hydrogen-bond donors (Lipinski definition) is 2. The second kappa shape index (κ2) is 8.52. The van der Waals surface area contributed by atoms with Crippen LogP contribution in [0.1, 0.15) is 31.7 Å². The quantitative estimate of drug-likeness (QED) is 0.403. The van der Waals surface area contributed by atoms with Crippen molar-refractivity contribution in [3.63, 3.8) is 0 Å². The lowest BCUT2D eigenvalue weighted by Gasteiger charge is -2.16. The van der Waals surface area contributed by atoms with Gasteiger partial charge in [0.1, 0.15) is 0 Å². The van der Waals surface area contributed by atoms with Crippen molar-refractivity contribution in [2.75, 3.05) is 19.6 Å². The van der Waals surface area contributed by atoms with E-state index in [0.717, 1.165) is 43.0 Å². The van der Waals surface area contributed by atoms with Crippen molar-refractivity contribution in [3.05, 3.63) is 52.8 Å². The van der Waals surface area contributed by atoms with Crippen LogP contribution in [0.5, 0.6) is 0 Å². The first-order valence-electron chi connectivity index (χ1n) is 8.97. The van der Waals surface area contributed by atoms with Gasteiger partial charge in [0.2, 0.25) is 0 Å². The van der Waals surface area contributed by atoms with Gasteiger partial charge in [0.25, 0.3) is 0 Å². The first-order valence-corrected chi connectivity index (χ1v) is 9.77. The average Bonchev–Trinajstić information content (AvgIpc) is 3.23. The number of rotatable bonds is 8. The number of aryl methyl sites for hydroxylation is 1. The number of halogens is 1. The average molecular weight is 404 g/mol. The summed E-state index contributed by atoms with van der Waals surface area (Å²) < 4.78 is 3.10. The van der Waals surface area contributed by atoms with E-state index in [1.54, 1.807) is 0 Å². The Balaban J connectivity index is 1.53. The fourth-order valence-electron chi connectivity index (χ4n) is 2.96. The van der Waals surface area contributed by atoms with Crippen LogP contribution in [-0.4, -0.2) is 35.4 Å². The number of guanidine groups is 1. The molecule has 0 bridgehead atoms. The lowest BCUT2D eigenvalue weighted by molar-refractivity contribution is 0.569. The second-order valence-corrected chi connectivity index (χ2v) is 7.45. The Morgan fingerprint density at radius 1 is 1.32 bits per heavy atom. The standard InChI is InChI=1S/C19H26BrN5/c1-2-21-18(22-10-4-12-25-13-5-11-24-25)23-15-19(8-9-19)16-6-3-7-17(20)14-16/h3,5-7,11,13-14H,2,4,8-10,12,15H2,1H3,(H2,21,22,23). The first-order chi connectivity index (χ1) is 12.2. The van der Waals surface area contributed by atoms with Gasteiger partial charge in [0, 0.05) is 41.9 Å². The number of aromatic nitrogens is 2. The van der Waals surface area contributed by atoms with E-state index in [1.807, 2.05) is 23.1 Å². The third kappa shape index (κ3) is 5.08. The first kappa shape index (κ1) is 18.0.